The van der Waals surface area contributed by atoms with Crippen LogP contribution in [0.15, 0.2) is 78.9 Å². The van der Waals surface area contributed by atoms with Crippen LogP contribution in [0.5, 0.6) is 0 Å². The number of hydrogen-bond acceptors (Lipinski definition) is 3. The molecule has 5 heteroatoms. The monoisotopic (exact) mass is 356 g/mol. The van der Waals surface area contributed by atoms with Gasteiger partial charge in [0.25, 0.3) is 11.8 Å². The number of carbonyl (C=O) groups is 3. The van der Waals surface area contributed by atoms with Crippen LogP contribution in [-0.4, -0.2) is 17.7 Å². The molecule has 132 valence electrons. The topological polar surface area (TPSA) is 66.5 Å². The Labute approximate surface area is 156 Å². The van der Waals surface area contributed by atoms with Crippen molar-refractivity contribution < 1.29 is 14.4 Å². The molecule has 4 rings (SSSR count). The third-order valence-corrected chi connectivity index (χ3v) is 4.41. The number of benzene rings is 3. The Hall–Kier alpha value is -3.73. The molecule has 3 amide bonds. The van der Waals surface area contributed by atoms with Gasteiger partial charge in [-0.05, 0) is 29.8 Å². The maximum Gasteiger partial charge on any atom is 0.268 e. The van der Waals surface area contributed by atoms with E-state index in [9.17, 15) is 14.4 Å². The van der Waals surface area contributed by atoms with Gasteiger partial charge >= 0.3 is 0 Å². The van der Waals surface area contributed by atoms with Gasteiger partial charge < -0.3 is 5.32 Å². The number of nitrogens with zero attached hydrogens (tertiary/aromatic N) is 1. The molecule has 1 heterocycles. The summed E-state index contributed by atoms with van der Waals surface area (Å²) >= 11 is 0. The summed E-state index contributed by atoms with van der Waals surface area (Å²) in [6.45, 7) is 0. The maximum absolute atomic E-state index is 12.9. The Morgan fingerprint density at radius 3 is 2.15 bits per heavy atom. The van der Waals surface area contributed by atoms with Crippen molar-refractivity contribution in [2.75, 3.05) is 10.2 Å². The molecule has 0 saturated heterocycles. The highest BCUT2D eigenvalue weighted by Crippen LogP contribution is 2.32. The highest BCUT2D eigenvalue weighted by Gasteiger charge is 2.38. The van der Waals surface area contributed by atoms with E-state index in [-0.39, 0.29) is 23.8 Å². The van der Waals surface area contributed by atoms with Gasteiger partial charge in [-0.1, -0.05) is 54.6 Å². The number of anilines is 2. The van der Waals surface area contributed by atoms with Crippen LogP contribution in [-0.2, 0) is 11.2 Å². The van der Waals surface area contributed by atoms with Gasteiger partial charge in [0, 0.05) is 0 Å². The third kappa shape index (κ3) is 3.11. The van der Waals surface area contributed by atoms with Crippen molar-refractivity contribution in [3.63, 3.8) is 0 Å². The van der Waals surface area contributed by atoms with E-state index in [4.69, 9.17) is 0 Å². The molecule has 0 unspecified atom stereocenters. The van der Waals surface area contributed by atoms with Gasteiger partial charge in [-0.25, -0.2) is 4.90 Å². The quantitative estimate of drug-likeness (QED) is 0.726. The fourth-order valence-electron chi connectivity index (χ4n) is 3.18. The summed E-state index contributed by atoms with van der Waals surface area (Å²) in [6.07, 6.45) is 0.190. The fourth-order valence-corrected chi connectivity index (χ4v) is 3.18. The van der Waals surface area contributed by atoms with Crippen LogP contribution in [0, 0.1) is 0 Å². The summed E-state index contributed by atoms with van der Waals surface area (Å²) in [4.78, 5) is 39.2. The Morgan fingerprint density at radius 2 is 1.44 bits per heavy atom. The molecule has 0 aliphatic carbocycles. The van der Waals surface area contributed by atoms with Crippen LogP contribution >= 0.6 is 0 Å². The first-order chi connectivity index (χ1) is 13.1. The average molecular weight is 356 g/mol. The summed E-state index contributed by atoms with van der Waals surface area (Å²) in [5.74, 6) is -1.06. The Bertz CT molecular complexity index is 1030. The second-order valence-electron chi connectivity index (χ2n) is 6.22. The smallest absolute Gasteiger partial charge is 0.268 e. The molecule has 3 aromatic rings. The molecular formula is C22H16N2O3. The first-order valence-corrected chi connectivity index (χ1v) is 8.56. The molecule has 1 N–H and O–H groups in total. The molecule has 0 fully saturated rings. The molecule has 1 aliphatic heterocycles. The number of nitrogens with one attached hydrogen (secondary N) is 1. The number of rotatable bonds is 4. The van der Waals surface area contributed by atoms with Crippen LogP contribution < -0.4 is 10.2 Å². The highest BCUT2D eigenvalue weighted by atomic mass is 16.2. The molecule has 0 atom stereocenters. The van der Waals surface area contributed by atoms with Gasteiger partial charge in [0.1, 0.15) is 0 Å². The van der Waals surface area contributed by atoms with Gasteiger partial charge in [-0.2, -0.15) is 0 Å². The summed E-state index contributed by atoms with van der Waals surface area (Å²) in [6, 6.07) is 23.0. The molecule has 1 aliphatic rings. The molecule has 0 spiro atoms. The largest absolute Gasteiger partial charge is 0.325 e. The van der Waals surface area contributed by atoms with Crippen molar-refractivity contribution in [3.05, 3.63) is 95.6 Å². The maximum atomic E-state index is 12.9. The number of para-hydroxylation sites is 1. The lowest BCUT2D eigenvalue weighted by Gasteiger charge is -2.13. The fraction of sp³-hybridized carbons (Fsp3) is 0.0455. The Kier molecular flexibility index (Phi) is 4.26. The lowest BCUT2D eigenvalue weighted by Crippen LogP contribution is -2.29. The summed E-state index contributed by atoms with van der Waals surface area (Å²) in [5, 5.41) is 2.78. The molecular weight excluding hydrogens is 340 g/mol. The van der Waals surface area contributed by atoms with E-state index in [1.807, 2.05) is 36.4 Å². The predicted octanol–water partition coefficient (Wildman–Crippen LogP) is 3.67. The summed E-state index contributed by atoms with van der Waals surface area (Å²) in [7, 11) is 0. The van der Waals surface area contributed by atoms with Crippen LogP contribution in [0.3, 0.4) is 0 Å². The molecule has 0 saturated carbocycles. The van der Waals surface area contributed by atoms with Crippen molar-refractivity contribution in [1.29, 1.82) is 0 Å². The number of carbonyl (C=O) groups excluding carboxylic acids is 3. The van der Waals surface area contributed by atoms with E-state index in [1.165, 1.54) is 0 Å². The Morgan fingerprint density at radius 1 is 0.778 bits per heavy atom. The lowest BCUT2D eigenvalue weighted by atomic mass is 10.1. The average Bonchev–Trinajstić information content (AvgIpc) is 2.94. The van der Waals surface area contributed by atoms with Crippen LogP contribution in [0.1, 0.15) is 26.3 Å². The SMILES string of the molecule is O=C(Cc1ccccc1)Nc1cccc2c1C(=O)N(c1ccccc1)C2=O. The van der Waals surface area contributed by atoms with Crippen LogP contribution in [0.4, 0.5) is 11.4 Å². The van der Waals surface area contributed by atoms with E-state index in [2.05, 4.69) is 5.32 Å². The van der Waals surface area contributed by atoms with Crippen molar-refractivity contribution in [2.24, 2.45) is 0 Å². The highest BCUT2D eigenvalue weighted by molar-refractivity contribution is 6.36. The second kappa shape index (κ2) is 6.88. The van der Waals surface area contributed by atoms with Crippen LogP contribution in [0.25, 0.3) is 0 Å². The van der Waals surface area contributed by atoms with Gasteiger partial charge in [0.05, 0.1) is 28.9 Å². The molecule has 0 radical (unpaired) electrons. The van der Waals surface area contributed by atoms with E-state index >= 15 is 0 Å². The minimum Gasteiger partial charge on any atom is -0.325 e. The predicted molar refractivity (Wildman–Crippen MR) is 103 cm³/mol. The number of imide groups is 1. The zero-order chi connectivity index (χ0) is 18.8. The number of hydrogen-bond donors (Lipinski definition) is 1. The van der Waals surface area contributed by atoms with Gasteiger partial charge in [-0.3, -0.25) is 14.4 Å². The first kappa shape index (κ1) is 16.7. The van der Waals surface area contributed by atoms with Crippen molar-refractivity contribution in [2.45, 2.75) is 6.42 Å². The van der Waals surface area contributed by atoms with E-state index < -0.39 is 5.91 Å². The molecule has 5 nitrogen and oxygen atoms in total. The minimum absolute atomic E-state index is 0.190. The molecule has 0 bridgehead atoms. The molecule has 3 aromatic carbocycles. The van der Waals surface area contributed by atoms with E-state index in [1.54, 1.807) is 42.5 Å². The van der Waals surface area contributed by atoms with Gasteiger partial charge in [0.15, 0.2) is 0 Å². The third-order valence-electron chi connectivity index (χ3n) is 4.41. The zero-order valence-corrected chi connectivity index (χ0v) is 14.4. The minimum atomic E-state index is -0.434. The van der Waals surface area contributed by atoms with Crippen molar-refractivity contribution in [3.8, 4) is 0 Å². The number of amides is 3. The molecule has 0 aromatic heterocycles. The Balaban J connectivity index is 1.63. The zero-order valence-electron chi connectivity index (χ0n) is 14.4. The molecule has 27 heavy (non-hydrogen) atoms. The van der Waals surface area contributed by atoms with Crippen LogP contribution in [0.2, 0.25) is 0 Å². The van der Waals surface area contributed by atoms with Crippen molar-refractivity contribution >= 4 is 29.1 Å². The van der Waals surface area contributed by atoms with E-state index in [0.717, 1.165) is 10.5 Å². The number of fused-ring (bicyclic) bond motifs is 1. The van der Waals surface area contributed by atoms with Crippen molar-refractivity contribution in [1.82, 2.24) is 0 Å². The van der Waals surface area contributed by atoms with Gasteiger partial charge in [-0.15, -0.1) is 0 Å². The van der Waals surface area contributed by atoms with E-state index in [0.29, 0.717) is 16.9 Å². The second-order valence-corrected chi connectivity index (χ2v) is 6.22. The summed E-state index contributed by atoms with van der Waals surface area (Å²) in [5.41, 5.74) is 2.25. The standard InChI is InChI=1S/C22H16N2O3/c25-19(14-15-8-3-1-4-9-15)23-18-13-7-12-17-20(18)22(27)24(21(17)26)16-10-5-2-6-11-16/h1-13H,14H2,(H,23,25). The summed E-state index contributed by atoms with van der Waals surface area (Å²) < 4.78 is 0. The normalized spacial score (nSPS) is 12.8. The van der Waals surface area contributed by atoms with Gasteiger partial charge in [0.2, 0.25) is 5.91 Å². The lowest BCUT2D eigenvalue weighted by molar-refractivity contribution is -0.115. The first-order valence-electron chi connectivity index (χ1n) is 8.56.